The quantitative estimate of drug-likeness (QED) is 0.602. The van der Waals surface area contributed by atoms with Gasteiger partial charge in [0, 0.05) is 24.7 Å². The Morgan fingerprint density at radius 3 is 3.10 bits per heavy atom. The predicted octanol–water partition coefficient (Wildman–Crippen LogP) is 1.58. The first-order valence-corrected chi connectivity index (χ1v) is 3.85. The van der Waals surface area contributed by atoms with Gasteiger partial charge in [-0.15, -0.1) is 0 Å². The van der Waals surface area contributed by atoms with Crippen molar-refractivity contribution in [2.75, 3.05) is 0 Å². The summed E-state index contributed by atoms with van der Waals surface area (Å²) >= 11 is 0. The Morgan fingerprint density at radius 2 is 2.60 bits per heavy atom. The van der Waals surface area contributed by atoms with Gasteiger partial charge in [-0.2, -0.15) is 5.10 Å². The van der Waals surface area contributed by atoms with E-state index in [0.717, 1.165) is 12.5 Å². The first-order valence-electron chi connectivity index (χ1n) is 3.85. The summed E-state index contributed by atoms with van der Waals surface area (Å²) in [5.74, 6) is 0.743. The lowest BCUT2D eigenvalue weighted by molar-refractivity contribution is 0.647. The van der Waals surface area contributed by atoms with Gasteiger partial charge < -0.3 is 0 Å². The second-order valence-electron chi connectivity index (χ2n) is 2.79. The van der Waals surface area contributed by atoms with Gasteiger partial charge in [-0.1, -0.05) is 0 Å². The normalized spacial score (nSPS) is 17.7. The summed E-state index contributed by atoms with van der Waals surface area (Å²) in [5, 5.41) is 4.35. The average Bonchev–Trinajstić information content (AvgIpc) is 2.70. The van der Waals surface area contributed by atoms with Gasteiger partial charge in [0.15, 0.2) is 0 Å². The monoisotopic (exact) mass is 135 g/mol. The van der Waals surface area contributed by atoms with Gasteiger partial charge in [0.2, 0.25) is 0 Å². The van der Waals surface area contributed by atoms with Crippen LogP contribution in [0.1, 0.15) is 31.4 Å². The fourth-order valence-corrected chi connectivity index (χ4v) is 1.06. The van der Waals surface area contributed by atoms with Gasteiger partial charge in [0.05, 0.1) is 5.69 Å². The second-order valence-corrected chi connectivity index (χ2v) is 2.79. The predicted molar refractivity (Wildman–Crippen MR) is 38.7 cm³/mol. The van der Waals surface area contributed by atoms with Crippen LogP contribution in [0.15, 0.2) is 6.20 Å². The smallest absolute Gasteiger partial charge is 0.0735 e. The van der Waals surface area contributed by atoms with Crippen LogP contribution in [0.3, 0.4) is 0 Å². The number of nitrogens with zero attached hydrogens (tertiary/aromatic N) is 2. The highest BCUT2D eigenvalue weighted by Gasteiger charge is 2.25. The molecule has 2 rings (SSSR count). The fraction of sp³-hybridized carbons (Fsp3) is 0.625. The molecule has 10 heavy (non-hydrogen) atoms. The third-order valence-corrected chi connectivity index (χ3v) is 1.89. The van der Waals surface area contributed by atoms with Gasteiger partial charge in [0.1, 0.15) is 0 Å². The Kier molecular flexibility index (Phi) is 1.26. The van der Waals surface area contributed by atoms with Crippen LogP contribution in [0.2, 0.25) is 0 Å². The van der Waals surface area contributed by atoms with Crippen molar-refractivity contribution in [3.05, 3.63) is 18.0 Å². The molecule has 53 valence electrons. The van der Waals surface area contributed by atoms with E-state index in [2.05, 4.69) is 18.1 Å². The number of rotatable bonds is 2. The summed E-state index contributed by atoms with van der Waals surface area (Å²) in [6.07, 6.45) is 4.57. The summed E-state index contributed by atoms with van der Waals surface area (Å²) in [4.78, 5) is 0. The average molecular weight is 135 g/mol. The minimum Gasteiger partial charge on any atom is -0.272 e. The fourth-order valence-electron chi connectivity index (χ4n) is 1.06. The molecule has 0 saturated heterocycles. The van der Waals surface area contributed by atoms with E-state index < -0.39 is 0 Å². The molecule has 0 N–H and O–H groups in total. The van der Waals surface area contributed by atoms with Crippen LogP contribution in [-0.2, 0) is 6.54 Å². The van der Waals surface area contributed by atoms with Gasteiger partial charge >= 0.3 is 0 Å². The summed E-state index contributed by atoms with van der Waals surface area (Å²) in [5.41, 5.74) is 1.17. The van der Waals surface area contributed by atoms with Gasteiger partial charge in [-0.25, -0.2) is 0 Å². The summed E-state index contributed by atoms with van der Waals surface area (Å²) < 4.78 is 1.94. The zero-order valence-corrected chi connectivity index (χ0v) is 6.17. The zero-order valence-electron chi connectivity index (χ0n) is 6.17. The molecule has 1 aromatic heterocycles. The molecule has 1 heterocycles. The van der Waals surface area contributed by atoms with E-state index in [1.165, 1.54) is 18.5 Å². The maximum atomic E-state index is 4.35. The van der Waals surface area contributed by atoms with E-state index in [-0.39, 0.29) is 0 Å². The van der Waals surface area contributed by atoms with Crippen molar-refractivity contribution in [3.63, 3.8) is 0 Å². The third-order valence-electron chi connectivity index (χ3n) is 1.89. The zero-order chi connectivity index (χ0) is 6.97. The SMILES string of the molecule is CCn1c[c]c(C2CC2)n1. The molecule has 1 saturated carbocycles. The van der Waals surface area contributed by atoms with Crippen LogP contribution in [0.5, 0.6) is 0 Å². The number of hydrogen-bond donors (Lipinski definition) is 0. The molecule has 2 nitrogen and oxygen atoms in total. The molecule has 0 aliphatic heterocycles. The molecule has 0 bridgehead atoms. The first-order chi connectivity index (χ1) is 4.90. The minimum atomic E-state index is 0.743. The van der Waals surface area contributed by atoms with Crippen molar-refractivity contribution in [2.45, 2.75) is 32.2 Å². The van der Waals surface area contributed by atoms with Crippen molar-refractivity contribution in [3.8, 4) is 0 Å². The minimum absolute atomic E-state index is 0.743. The topological polar surface area (TPSA) is 17.8 Å². The Labute approximate surface area is 60.9 Å². The molecule has 2 heteroatoms. The molecular formula is C8H11N2. The molecule has 0 unspecified atom stereocenters. The van der Waals surface area contributed by atoms with Crippen LogP contribution in [-0.4, -0.2) is 9.78 Å². The molecule has 1 aliphatic rings. The highest BCUT2D eigenvalue weighted by molar-refractivity contribution is 5.10. The molecular weight excluding hydrogens is 124 g/mol. The van der Waals surface area contributed by atoms with E-state index >= 15 is 0 Å². The van der Waals surface area contributed by atoms with Crippen LogP contribution in [0.4, 0.5) is 0 Å². The lowest BCUT2D eigenvalue weighted by Gasteiger charge is -1.91. The largest absolute Gasteiger partial charge is 0.272 e. The van der Waals surface area contributed by atoms with E-state index in [0.29, 0.717) is 0 Å². The Bertz CT molecular complexity index is 223. The lowest BCUT2D eigenvalue weighted by atomic mass is 10.3. The maximum Gasteiger partial charge on any atom is 0.0735 e. The van der Waals surface area contributed by atoms with Crippen LogP contribution in [0.25, 0.3) is 0 Å². The second kappa shape index (κ2) is 2.11. The molecule has 0 aromatic carbocycles. The lowest BCUT2D eigenvalue weighted by Crippen LogP contribution is -1.94. The van der Waals surface area contributed by atoms with E-state index in [4.69, 9.17) is 0 Å². The van der Waals surface area contributed by atoms with Crippen molar-refractivity contribution in [1.82, 2.24) is 9.78 Å². The molecule has 1 aliphatic carbocycles. The van der Waals surface area contributed by atoms with Gasteiger partial charge in [0.25, 0.3) is 0 Å². The summed E-state index contributed by atoms with van der Waals surface area (Å²) in [6, 6.07) is 3.17. The Morgan fingerprint density at radius 1 is 1.80 bits per heavy atom. The van der Waals surface area contributed by atoms with E-state index in [1.54, 1.807) is 0 Å². The standard InChI is InChI=1S/C8H11N2/c1-2-10-6-5-8(9-10)7-3-4-7/h6-7H,2-4H2,1H3. The maximum absolute atomic E-state index is 4.35. The van der Waals surface area contributed by atoms with Gasteiger partial charge in [-0.05, 0) is 19.8 Å². The number of aromatic nitrogens is 2. The number of aryl methyl sites for hydroxylation is 1. The summed E-state index contributed by atoms with van der Waals surface area (Å²) in [7, 11) is 0. The van der Waals surface area contributed by atoms with Crippen molar-refractivity contribution in [1.29, 1.82) is 0 Å². The third kappa shape index (κ3) is 0.939. The highest BCUT2D eigenvalue weighted by Crippen LogP contribution is 2.38. The van der Waals surface area contributed by atoms with Crippen molar-refractivity contribution < 1.29 is 0 Å². The number of hydrogen-bond acceptors (Lipinski definition) is 1. The highest BCUT2D eigenvalue weighted by atomic mass is 15.3. The molecule has 0 spiro atoms. The molecule has 0 atom stereocenters. The van der Waals surface area contributed by atoms with Crippen molar-refractivity contribution in [2.24, 2.45) is 0 Å². The van der Waals surface area contributed by atoms with Crippen LogP contribution < -0.4 is 0 Å². The summed E-state index contributed by atoms with van der Waals surface area (Å²) in [6.45, 7) is 3.06. The van der Waals surface area contributed by atoms with Crippen LogP contribution >= 0.6 is 0 Å². The molecule has 1 radical (unpaired) electrons. The molecule has 0 amide bonds. The Balaban J connectivity index is 2.19. The molecule has 1 aromatic rings. The molecule has 1 fully saturated rings. The van der Waals surface area contributed by atoms with E-state index in [9.17, 15) is 0 Å². The van der Waals surface area contributed by atoms with E-state index in [1.807, 2.05) is 10.9 Å². The van der Waals surface area contributed by atoms with Gasteiger partial charge in [-0.3, -0.25) is 4.68 Å². The van der Waals surface area contributed by atoms with Crippen molar-refractivity contribution >= 4 is 0 Å². The Hall–Kier alpha value is -0.790. The van der Waals surface area contributed by atoms with Crippen LogP contribution in [0, 0.1) is 6.07 Å². The first kappa shape index (κ1) is 5.96.